The molecule has 1 atom stereocenters. The Morgan fingerprint density at radius 3 is 2.64 bits per heavy atom. The molecule has 3 rings (SSSR count). The molecule has 8 heteroatoms. The van der Waals surface area contributed by atoms with Crippen LogP contribution in [0.5, 0.6) is 0 Å². The lowest BCUT2D eigenvalue weighted by Gasteiger charge is -2.30. The van der Waals surface area contributed by atoms with E-state index in [2.05, 4.69) is 4.72 Å². The van der Waals surface area contributed by atoms with Crippen molar-refractivity contribution in [2.45, 2.75) is 43.1 Å². The summed E-state index contributed by atoms with van der Waals surface area (Å²) in [5.74, 6) is -1.14. The van der Waals surface area contributed by atoms with E-state index in [-0.39, 0.29) is 23.1 Å². The molecule has 2 saturated heterocycles. The normalized spacial score (nSPS) is 21.4. The van der Waals surface area contributed by atoms with Gasteiger partial charge in [0.05, 0.1) is 17.4 Å². The highest BCUT2D eigenvalue weighted by Gasteiger charge is 2.26. The number of carboxylic acids is 1. The largest absolute Gasteiger partial charge is 0.478 e. The molecule has 0 aromatic heterocycles. The Kier molecular flexibility index (Phi) is 5.61. The molecule has 2 aliphatic heterocycles. The molecule has 25 heavy (non-hydrogen) atoms. The van der Waals surface area contributed by atoms with Gasteiger partial charge < -0.3 is 14.7 Å². The van der Waals surface area contributed by atoms with Crippen molar-refractivity contribution in [1.82, 2.24) is 4.72 Å². The van der Waals surface area contributed by atoms with Crippen LogP contribution in [0.1, 0.15) is 42.5 Å². The number of aromatic carboxylic acids is 1. The van der Waals surface area contributed by atoms with Crippen LogP contribution < -0.4 is 9.62 Å². The molecular weight excluding hydrogens is 344 g/mol. The summed E-state index contributed by atoms with van der Waals surface area (Å²) in [6, 6.07) is 4.32. The van der Waals surface area contributed by atoms with Crippen LogP contribution in [0.4, 0.5) is 5.69 Å². The lowest BCUT2D eigenvalue weighted by Crippen LogP contribution is -2.35. The van der Waals surface area contributed by atoms with Gasteiger partial charge in [0.2, 0.25) is 10.0 Å². The molecule has 138 valence electrons. The lowest BCUT2D eigenvalue weighted by atomic mass is 10.1. The second kappa shape index (κ2) is 7.72. The van der Waals surface area contributed by atoms with Gasteiger partial charge in [-0.15, -0.1) is 0 Å². The summed E-state index contributed by atoms with van der Waals surface area (Å²) in [5.41, 5.74) is 0.544. The van der Waals surface area contributed by atoms with Crippen LogP contribution in [0, 0.1) is 0 Å². The summed E-state index contributed by atoms with van der Waals surface area (Å²) >= 11 is 0. The smallest absolute Gasteiger partial charge is 0.335 e. The standard InChI is InChI=1S/C17H24N2O5S/c20-17(21)13-6-7-15(19-8-2-1-3-9-19)16(11-13)25(22,23)18-12-14-5-4-10-24-14/h6-7,11,14,18H,1-5,8-10,12H2,(H,20,21)/t14-/m0/s1. The number of anilines is 1. The molecule has 2 N–H and O–H groups in total. The highest BCUT2D eigenvalue weighted by Crippen LogP contribution is 2.29. The highest BCUT2D eigenvalue weighted by molar-refractivity contribution is 7.89. The Balaban J connectivity index is 1.89. The summed E-state index contributed by atoms with van der Waals surface area (Å²) < 4.78 is 33.7. The summed E-state index contributed by atoms with van der Waals surface area (Å²) in [7, 11) is -3.82. The van der Waals surface area contributed by atoms with Gasteiger partial charge >= 0.3 is 5.97 Å². The lowest BCUT2D eigenvalue weighted by molar-refractivity contribution is 0.0696. The minimum Gasteiger partial charge on any atom is -0.478 e. The van der Waals surface area contributed by atoms with Crippen molar-refractivity contribution in [3.63, 3.8) is 0 Å². The van der Waals surface area contributed by atoms with E-state index >= 15 is 0 Å². The van der Waals surface area contributed by atoms with Gasteiger partial charge in [-0.1, -0.05) is 0 Å². The van der Waals surface area contributed by atoms with Crippen molar-refractivity contribution in [3.05, 3.63) is 23.8 Å². The molecule has 0 aliphatic carbocycles. The van der Waals surface area contributed by atoms with Crippen LogP contribution in [-0.2, 0) is 14.8 Å². The molecule has 0 saturated carbocycles. The molecule has 0 amide bonds. The van der Waals surface area contributed by atoms with Crippen molar-refractivity contribution in [2.24, 2.45) is 0 Å². The molecular formula is C17H24N2O5S. The third kappa shape index (κ3) is 4.31. The Hall–Kier alpha value is -1.64. The average Bonchev–Trinajstić information content (AvgIpc) is 3.14. The second-order valence-electron chi connectivity index (χ2n) is 6.52. The van der Waals surface area contributed by atoms with Crippen molar-refractivity contribution in [3.8, 4) is 0 Å². The number of ether oxygens (including phenoxy) is 1. The number of carbonyl (C=O) groups is 1. The average molecular weight is 368 g/mol. The van der Waals surface area contributed by atoms with Gasteiger partial charge in [-0.3, -0.25) is 0 Å². The van der Waals surface area contributed by atoms with E-state index in [1.807, 2.05) is 4.90 Å². The predicted octanol–water partition coefficient (Wildman–Crippen LogP) is 1.83. The third-order valence-corrected chi connectivity index (χ3v) is 6.17. The zero-order chi connectivity index (χ0) is 17.9. The molecule has 2 heterocycles. The van der Waals surface area contributed by atoms with Crippen molar-refractivity contribution < 1.29 is 23.1 Å². The number of nitrogens with one attached hydrogen (secondary N) is 1. The van der Waals surface area contributed by atoms with Gasteiger partial charge in [0.25, 0.3) is 0 Å². The van der Waals surface area contributed by atoms with Gasteiger partial charge in [0, 0.05) is 26.2 Å². The fraction of sp³-hybridized carbons (Fsp3) is 0.588. The maximum atomic E-state index is 12.8. The van der Waals surface area contributed by atoms with Crippen LogP contribution in [-0.4, -0.2) is 51.8 Å². The number of hydrogen-bond acceptors (Lipinski definition) is 5. The van der Waals surface area contributed by atoms with Gasteiger partial charge in [-0.05, 0) is 50.3 Å². The molecule has 0 radical (unpaired) electrons. The Morgan fingerprint density at radius 1 is 1.24 bits per heavy atom. The molecule has 2 aliphatic rings. The Labute approximate surface area is 148 Å². The van der Waals surface area contributed by atoms with Gasteiger partial charge in [0.15, 0.2) is 0 Å². The Morgan fingerprint density at radius 2 is 2.00 bits per heavy atom. The van der Waals surface area contributed by atoms with Gasteiger partial charge in [-0.25, -0.2) is 17.9 Å². The van der Waals surface area contributed by atoms with Crippen LogP contribution in [0.15, 0.2) is 23.1 Å². The maximum absolute atomic E-state index is 12.8. The van der Waals surface area contributed by atoms with Gasteiger partial charge in [-0.2, -0.15) is 0 Å². The first-order valence-corrected chi connectivity index (χ1v) is 10.2. The van der Waals surface area contributed by atoms with E-state index in [0.717, 1.165) is 45.2 Å². The van der Waals surface area contributed by atoms with E-state index in [9.17, 15) is 18.3 Å². The van der Waals surface area contributed by atoms with E-state index in [4.69, 9.17) is 4.74 Å². The fourth-order valence-electron chi connectivity index (χ4n) is 3.34. The van der Waals surface area contributed by atoms with Crippen LogP contribution in [0.3, 0.4) is 0 Å². The zero-order valence-electron chi connectivity index (χ0n) is 14.1. The van der Waals surface area contributed by atoms with Crippen LogP contribution >= 0.6 is 0 Å². The minimum absolute atomic E-state index is 0.0294. The number of nitrogens with zero attached hydrogens (tertiary/aromatic N) is 1. The first-order valence-electron chi connectivity index (χ1n) is 8.71. The highest BCUT2D eigenvalue weighted by atomic mass is 32.2. The number of sulfonamides is 1. The van der Waals surface area contributed by atoms with E-state index in [1.165, 1.54) is 12.1 Å². The number of hydrogen-bond donors (Lipinski definition) is 2. The quantitative estimate of drug-likeness (QED) is 0.795. The fourth-order valence-corrected chi connectivity index (χ4v) is 4.66. The molecule has 0 spiro atoms. The van der Waals surface area contributed by atoms with E-state index in [1.54, 1.807) is 6.07 Å². The maximum Gasteiger partial charge on any atom is 0.335 e. The summed E-state index contributed by atoms with van der Waals surface area (Å²) in [5, 5.41) is 9.23. The summed E-state index contributed by atoms with van der Waals surface area (Å²) in [6.07, 6.45) is 4.78. The predicted molar refractivity (Wildman–Crippen MR) is 93.6 cm³/mol. The molecule has 7 nitrogen and oxygen atoms in total. The zero-order valence-corrected chi connectivity index (χ0v) is 14.9. The molecule has 2 fully saturated rings. The molecule has 0 unspecified atom stereocenters. The minimum atomic E-state index is -3.82. The number of rotatable bonds is 6. The summed E-state index contributed by atoms with van der Waals surface area (Å²) in [6.45, 7) is 2.42. The van der Waals surface area contributed by atoms with Gasteiger partial charge in [0.1, 0.15) is 4.90 Å². The van der Waals surface area contributed by atoms with Crippen LogP contribution in [0.25, 0.3) is 0 Å². The van der Waals surface area contributed by atoms with Crippen molar-refractivity contribution in [2.75, 3.05) is 31.1 Å². The summed E-state index contributed by atoms with van der Waals surface area (Å²) in [4.78, 5) is 13.3. The molecule has 1 aromatic carbocycles. The monoisotopic (exact) mass is 368 g/mol. The Bertz CT molecular complexity index is 723. The molecule has 1 aromatic rings. The number of piperidine rings is 1. The van der Waals surface area contributed by atoms with Crippen molar-refractivity contribution in [1.29, 1.82) is 0 Å². The molecule has 0 bridgehead atoms. The number of benzene rings is 1. The van der Waals surface area contributed by atoms with E-state index in [0.29, 0.717) is 12.3 Å². The first kappa shape index (κ1) is 18.2. The third-order valence-electron chi connectivity index (χ3n) is 4.72. The SMILES string of the molecule is O=C(O)c1ccc(N2CCCCC2)c(S(=O)(=O)NC[C@@H]2CCCO2)c1. The topological polar surface area (TPSA) is 95.9 Å². The van der Waals surface area contributed by atoms with Crippen LogP contribution in [0.2, 0.25) is 0 Å². The second-order valence-corrected chi connectivity index (χ2v) is 8.26. The number of carboxylic acid groups (broad SMARTS) is 1. The van der Waals surface area contributed by atoms with Crippen molar-refractivity contribution >= 4 is 21.7 Å². The van der Waals surface area contributed by atoms with E-state index < -0.39 is 16.0 Å². The first-order chi connectivity index (χ1) is 12.0.